The number of nitrogens with zero attached hydrogens (tertiary/aromatic N) is 2. The lowest BCUT2D eigenvalue weighted by Crippen LogP contribution is -2.33. The molecule has 0 spiro atoms. The quantitative estimate of drug-likeness (QED) is 0.735. The highest BCUT2D eigenvalue weighted by Gasteiger charge is 2.15. The van der Waals surface area contributed by atoms with Crippen molar-refractivity contribution in [2.45, 2.75) is 13.3 Å². The molecule has 1 aromatic rings. The van der Waals surface area contributed by atoms with Gasteiger partial charge in [0.2, 0.25) is 0 Å². The molecule has 5 nitrogen and oxygen atoms in total. The second-order valence-electron chi connectivity index (χ2n) is 4.83. The van der Waals surface area contributed by atoms with Gasteiger partial charge in [0.1, 0.15) is 0 Å². The summed E-state index contributed by atoms with van der Waals surface area (Å²) in [7, 11) is 4.03. The Kier molecular flexibility index (Phi) is 5.63. The second-order valence-corrected chi connectivity index (χ2v) is 4.83. The zero-order valence-corrected chi connectivity index (χ0v) is 11.9. The molecule has 0 fully saturated rings. The highest BCUT2D eigenvalue weighted by molar-refractivity contribution is 5.97. The molecule has 0 unspecified atom stereocenters. The van der Waals surface area contributed by atoms with Crippen LogP contribution in [0.3, 0.4) is 0 Å². The average Bonchev–Trinajstić information content (AvgIpc) is 2.34. The van der Waals surface area contributed by atoms with E-state index in [1.165, 1.54) is 6.07 Å². The van der Waals surface area contributed by atoms with E-state index in [1.807, 2.05) is 20.2 Å². The number of nitrogen functional groups attached to an aromatic ring is 1. The molecule has 0 radical (unpaired) electrons. The third-order valence-corrected chi connectivity index (χ3v) is 2.96. The van der Waals surface area contributed by atoms with E-state index < -0.39 is 5.97 Å². The Balaban J connectivity index is 3.01. The van der Waals surface area contributed by atoms with Crippen molar-refractivity contribution in [2.24, 2.45) is 0 Å². The van der Waals surface area contributed by atoms with Crippen molar-refractivity contribution >= 4 is 17.3 Å². The Morgan fingerprint density at radius 2 is 1.95 bits per heavy atom. The number of anilines is 2. The van der Waals surface area contributed by atoms with E-state index in [1.54, 1.807) is 6.07 Å². The van der Waals surface area contributed by atoms with E-state index in [9.17, 15) is 4.79 Å². The van der Waals surface area contributed by atoms with Crippen LogP contribution >= 0.6 is 0 Å². The van der Waals surface area contributed by atoms with Gasteiger partial charge in [0, 0.05) is 19.6 Å². The molecular weight excluding hydrogens is 242 g/mol. The normalized spacial score (nSPS) is 10.7. The first kappa shape index (κ1) is 15.3. The maximum Gasteiger partial charge on any atom is 0.337 e. The minimum absolute atomic E-state index is 0.170. The molecular formula is C14H23N3O2. The van der Waals surface area contributed by atoms with Crippen LogP contribution in [0, 0.1) is 0 Å². The number of para-hydroxylation sites is 1. The SMILES string of the molecule is CCCN(CCN(C)C)c1cccc(C(=O)O)c1N. The van der Waals surface area contributed by atoms with Crippen molar-refractivity contribution in [1.82, 2.24) is 4.90 Å². The summed E-state index contributed by atoms with van der Waals surface area (Å²) in [6.45, 7) is 4.69. The van der Waals surface area contributed by atoms with Crippen LogP contribution in [0.5, 0.6) is 0 Å². The largest absolute Gasteiger partial charge is 0.478 e. The Morgan fingerprint density at radius 1 is 1.26 bits per heavy atom. The van der Waals surface area contributed by atoms with E-state index in [2.05, 4.69) is 16.7 Å². The molecule has 0 aromatic heterocycles. The van der Waals surface area contributed by atoms with Gasteiger partial charge < -0.3 is 20.6 Å². The maximum absolute atomic E-state index is 11.1. The molecule has 106 valence electrons. The van der Waals surface area contributed by atoms with Gasteiger partial charge >= 0.3 is 5.97 Å². The summed E-state index contributed by atoms with van der Waals surface area (Å²) in [5.41, 5.74) is 7.31. The highest BCUT2D eigenvalue weighted by atomic mass is 16.4. The lowest BCUT2D eigenvalue weighted by molar-refractivity contribution is 0.0698. The molecule has 0 bridgehead atoms. The van der Waals surface area contributed by atoms with Crippen LogP contribution in [-0.2, 0) is 0 Å². The number of aromatic carboxylic acids is 1. The second kappa shape index (κ2) is 6.99. The van der Waals surface area contributed by atoms with E-state index in [0.29, 0.717) is 5.69 Å². The Bertz CT molecular complexity index is 433. The number of carboxylic acids is 1. The number of hydrogen-bond donors (Lipinski definition) is 2. The van der Waals surface area contributed by atoms with Gasteiger partial charge in [0.25, 0.3) is 0 Å². The number of nitrogens with two attached hydrogens (primary N) is 1. The lowest BCUT2D eigenvalue weighted by atomic mass is 10.1. The van der Waals surface area contributed by atoms with Gasteiger partial charge in [-0.1, -0.05) is 13.0 Å². The molecule has 0 aliphatic rings. The van der Waals surface area contributed by atoms with Gasteiger partial charge in [0.15, 0.2) is 0 Å². The number of carbonyl (C=O) groups is 1. The number of rotatable bonds is 7. The highest BCUT2D eigenvalue weighted by Crippen LogP contribution is 2.26. The van der Waals surface area contributed by atoms with Crippen LogP contribution in [-0.4, -0.2) is 49.7 Å². The van der Waals surface area contributed by atoms with Gasteiger partial charge in [-0.15, -0.1) is 0 Å². The maximum atomic E-state index is 11.1. The summed E-state index contributed by atoms with van der Waals surface area (Å²) in [6.07, 6.45) is 0.990. The Labute approximate surface area is 114 Å². The molecule has 5 heteroatoms. The third kappa shape index (κ3) is 4.13. The zero-order valence-electron chi connectivity index (χ0n) is 11.9. The molecule has 0 atom stereocenters. The van der Waals surface area contributed by atoms with E-state index in [4.69, 9.17) is 10.8 Å². The number of carboxylic acid groups (broad SMARTS) is 1. The van der Waals surface area contributed by atoms with Crippen LogP contribution in [0.4, 0.5) is 11.4 Å². The van der Waals surface area contributed by atoms with Gasteiger partial charge in [-0.25, -0.2) is 4.79 Å². The summed E-state index contributed by atoms with van der Waals surface area (Å²) >= 11 is 0. The zero-order chi connectivity index (χ0) is 14.4. The van der Waals surface area contributed by atoms with E-state index >= 15 is 0 Å². The van der Waals surface area contributed by atoms with Gasteiger partial charge in [-0.05, 0) is 32.6 Å². The van der Waals surface area contributed by atoms with E-state index in [0.717, 1.165) is 31.7 Å². The third-order valence-electron chi connectivity index (χ3n) is 2.96. The Hall–Kier alpha value is -1.75. The predicted molar refractivity (Wildman–Crippen MR) is 78.9 cm³/mol. The molecule has 0 saturated heterocycles. The molecule has 0 amide bonds. The predicted octanol–water partition coefficient (Wildman–Crippen LogP) is 1.75. The molecule has 19 heavy (non-hydrogen) atoms. The molecule has 0 heterocycles. The standard InChI is InChI=1S/C14H23N3O2/c1-4-8-17(10-9-16(2)3)12-7-5-6-11(13(12)15)14(18)19/h5-7H,4,8-10,15H2,1-3H3,(H,18,19). The Morgan fingerprint density at radius 3 is 2.47 bits per heavy atom. The van der Waals surface area contributed by atoms with Gasteiger partial charge in [-0.2, -0.15) is 0 Å². The summed E-state index contributed by atoms with van der Waals surface area (Å²) in [4.78, 5) is 15.4. The van der Waals surface area contributed by atoms with Crippen LogP contribution < -0.4 is 10.6 Å². The first-order valence-corrected chi connectivity index (χ1v) is 6.48. The summed E-state index contributed by atoms with van der Waals surface area (Å²) < 4.78 is 0. The molecule has 1 aromatic carbocycles. The topological polar surface area (TPSA) is 69.8 Å². The van der Waals surface area contributed by atoms with Crippen molar-refractivity contribution in [1.29, 1.82) is 0 Å². The fraction of sp³-hybridized carbons (Fsp3) is 0.500. The number of likely N-dealkylation sites (N-methyl/N-ethyl adjacent to an activating group) is 1. The van der Waals surface area contributed by atoms with Gasteiger partial charge in [0.05, 0.1) is 16.9 Å². The average molecular weight is 265 g/mol. The first-order chi connectivity index (χ1) is 8.97. The van der Waals surface area contributed by atoms with Crippen LogP contribution in [0.2, 0.25) is 0 Å². The molecule has 1 rings (SSSR count). The van der Waals surface area contributed by atoms with Crippen LogP contribution in [0.15, 0.2) is 18.2 Å². The molecule has 0 saturated carbocycles. The van der Waals surface area contributed by atoms with Gasteiger partial charge in [-0.3, -0.25) is 0 Å². The summed E-state index contributed by atoms with van der Waals surface area (Å²) in [5, 5.41) is 9.11. The van der Waals surface area contributed by atoms with Crippen LogP contribution in [0.25, 0.3) is 0 Å². The number of hydrogen-bond acceptors (Lipinski definition) is 4. The lowest BCUT2D eigenvalue weighted by Gasteiger charge is -2.27. The minimum Gasteiger partial charge on any atom is -0.478 e. The van der Waals surface area contributed by atoms with E-state index in [-0.39, 0.29) is 5.56 Å². The summed E-state index contributed by atoms with van der Waals surface area (Å²) in [6, 6.07) is 5.16. The fourth-order valence-corrected chi connectivity index (χ4v) is 1.96. The van der Waals surface area contributed by atoms with Crippen molar-refractivity contribution in [3.8, 4) is 0 Å². The monoisotopic (exact) mass is 265 g/mol. The first-order valence-electron chi connectivity index (χ1n) is 6.48. The molecule has 0 aliphatic carbocycles. The van der Waals surface area contributed by atoms with Crippen molar-refractivity contribution in [2.75, 3.05) is 44.4 Å². The fourth-order valence-electron chi connectivity index (χ4n) is 1.96. The van der Waals surface area contributed by atoms with Crippen molar-refractivity contribution in [3.05, 3.63) is 23.8 Å². The van der Waals surface area contributed by atoms with Crippen molar-refractivity contribution in [3.63, 3.8) is 0 Å². The minimum atomic E-state index is -0.983. The molecule has 3 N–H and O–H groups in total. The van der Waals surface area contributed by atoms with Crippen molar-refractivity contribution < 1.29 is 9.90 Å². The number of benzene rings is 1. The van der Waals surface area contributed by atoms with Crippen LogP contribution in [0.1, 0.15) is 23.7 Å². The molecule has 0 aliphatic heterocycles. The smallest absolute Gasteiger partial charge is 0.337 e. The summed E-state index contributed by atoms with van der Waals surface area (Å²) in [5.74, 6) is -0.983.